The fourth-order valence-corrected chi connectivity index (χ4v) is 1.99. The second-order valence-corrected chi connectivity index (χ2v) is 4.45. The van der Waals surface area contributed by atoms with E-state index in [4.69, 9.17) is 4.74 Å². The molecule has 2 N–H and O–H groups in total. The molecule has 4 heteroatoms. The van der Waals surface area contributed by atoms with Gasteiger partial charge < -0.3 is 15.2 Å². The maximum atomic E-state index is 11.8. The summed E-state index contributed by atoms with van der Waals surface area (Å²) in [6.07, 6.45) is 0.608. The molecule has 1 saturated heterocycles. The van der Waals surface area contributed by atoms with Crippen molar-refractivity contribution in [1.29, 1.82) is 0 Å². The standard InChI is InChI=1S/C13H17NO3/c1-9-5-6-17-12(9)13(16)14-8-10-3-2-4-11(15)7-10/h2-4,7,9,12,15H,5-6,8H2,1H3,(H,14,16). The van der Waals surface area contributed by atoms with E-state index < -0.39 is 0 Å². The molecule has 0 saturated carbocycles. The van der Waals surface area contributed by atoms with E-state index in [1.54, 1.807) is 18.2 Å². The second kappa shape index (κ2) is 5.19. The van der Waals surface area contributed by atoms with Gasteiger partial charge in [0.25, 0.3) is 0 Å². The summed E-state index contributed by atoms with van der Waals surface area (Å²) in [5.74, 6) is 0.416. The summed E-state index contributed by atoms with van der Waals surface area (Å²) in [6.45, 7) is 3.09. The van der Waals surface area contributed by atoms with E-state index in [-0.39, 0.29) is 23.7 Å². The van der Waals surface area contributed by atoms with Crippen LogP contribution in [0.2, 0.25) is 0 Å². The number of hydrogen-bond donors (Lipinski definition) is 2. The minimum absolute atomic E-state index is 0.0710. The predicted molar refractivity (Wildman–Crippen MR) is 63.5 cm³/mol. The lowest BCUT2D eigenvalue weighted by molar-refractivity contribution is -0.131. The highest BCUT2D eigenvalue weighted by Crippen LogP contribution is 2.20. The van der Waals surface area contributed by atoms with Crippen LogP contribution >= 0.6 is 0 Å². The number of benzene rings is 1. The molecule has 0 aromatic heterocycles. The molecule has 1 heterocycles. The molecule has 1 aliphatic heterocycles. The SMILES string of the molecule is CC1CCOC1C(=O)NCc1cccc(O)c1. The van der Waals surface area contributed by atoms with Gasteiger partial charge in [-0.05, 0) is 30.0 Å². The predicted octanol–water partition coefficient (Wildman–Crippen LogP) is 1.43. The first kappa shape index (κ1) is 11.9. The van der Waals surface area contributed by atoms with E-state index in [9.17, 15) is 9.90 Å². The molecule has 0 spiro atoms. The van der Waals surface area contributed by atoms with Gasteiger partial charge in [0.05, 0.1) is 0 Å². The zero-order valence-corrected chi connectivity index (χ0v) is 9.85. The van der Waals surface area contributed by atoms with E-state index in [0.717, 1.165) is 12.0 Å². The molecule has 0 radical (unpaired) electrons. The lowest BCUT2D eigenvalue weighted by Gasteiger charge is -2.14. The first-order valence-corrected chi connectivity index (χ1v) is 5.84. The van der Waals surface area contributed by atoms with Crippen molar-refractivity contribution in [2.45, 2.75) is 26.0 Å². The molecule has 1 aliphatic rings. The van der Waals surface area contributed by atoms with Crippen molar-refractivity contribution in [2.24, 2.45) is 5.92 Å². The summed E-state index contributed by atoms with van der Waals surface area (Å²) in [5, 5.41) is 12.1. The number of rotatable bonds is 3. The molecule has 4 nitrogen and oxygen atoms in total. The minimum Gasteiger partial charge on any atom is -0.508 e. The van der Waals surface area contributed by atoms with Crippen LogP contribution in [0.3, 0.4) is 0 Å². The van der Waals surface area contributed by atoms with Gasteiger partial charge in [-0.2, -0.15) is 0 Å². The molecule has 0 aliphatic carbocycles. The van der Waals surface area contributed by atoms with Gasteiger partial charge in [-0.3, -0.25) is 4.79 Å². The highest BCUT2D eigenvalue weighted by atomic mass is 16.5. The summed E-state index contributed by atoms with van der Waals surface area (Å²) in [6, 6.07) is 6.86. The molecule has 92 valence electrons. The average molecular weight is 235 g/mol. The number of carbonyl (C=O) groups is 1. The van der Waals surface area contributed by atoms with Crippen molar-refractivity contribution >= 4 is 5.91 Å². The van der Waals surface area contributed by atoms with Crippen LogP contribution in [0.15, 0.2) is 24.3 Å². The molecule has 17 heavy (non-hydrogen) atoms. The van der Waals surface area contributed by atoms with Gasteiger partial charge >= 0.3 is 0 Å². The Morgan fingerprint density at radius 2 is 2.41 bits per heavy atom. The van der Waals surface area contributed by atoms with Crippen molar-refractivity contribution in [3.8, 4) is 5.75 Å². The molecule has 2 atom stereocenters. The van der Waals surface area contributed by atoms with Crippen LogP contribution in [0.5, 0.6) is 5.75 Å². The summed E-state index contributed by atoms with van der Waals surface area (Å²) < 4.78 is 5.38. The fraction of sp³-hybridized carbons (Fsp3) is 0.462. The zero-order valence-electron chi connectivity index (χ0n) is 9.85. The Morgan fingerprint density at radius 3 is 3.06 bits per heavy atom. The van der Waals surface area contributed by atoms with E-state index in [1.807, 2.05) is 13.0 Å². The van der Waals surface area contributed by atoms with E-state index >= 15 is 0 Å². The molecule has 1 aromatic carbocycles. The van der Waals surface area contributed by atoms with Gasteiger partial charge in [0, 0.05) is 13.2 Å². The molecule has 2 rings (SSSR count). The molecular formula is C13H17NO3. The van der Waals surface area contributed by atoms with Crippen LogP contribution < -0.4 is 5.32 Å². The normalized spacial score (nSPS) is 23.6. The highest BCUT2D eigenvalue weighted by molar-refractivity contribution is 5.81. The Kier molecular flexibility index (Phi) is 3.64. The van der Waals surface area contributed by atoms with E-state index in [1.165, 1.54) is 0 Å². The maximum absolute atomic E-state index is 11.8. The third-order valence-electron chi connectivity index (χ3n) is 3.02. The van der Waals surface area contributed by atoms with Gasteiger partial charge in [-0.15, -0.1) is 0 Å². The molecular weight excluding hydrogens is 218 g/mol. The second-order valence-electron chi connectivity index (χ2n) is 4.45. The number of hydrogen-bond acceptors (Lipinski definition) is 3. The van der Waals surface area contributed by atoms with Crippen LogP contribution in [0.25, 0.3) is 0 Å². The van der Waals surface area contributed by atoms with E-state index in [0.29, 0.717) is 13.2 Å². The lowest BCUT2D eigenvalue weighted by atomic mass is 10.0. The lowest BCUT2D eigenvalue weighted by Crippen LogP contribution is -2.36. The summed E-state index contributed by atoms with van der Waals surface area (Å²) >= 11 is 0. The molecule has 1 fully saturated rings. The topological polar surface area (TPSA) is 58.6 Å². The largest absolute Gasteiger partial charge is 0.508 e. The fourth-order valence-electron chi connectivity index (χ4n) is 1.99. The van der Waals surface area contributed by atoms with Crippen LogP contribution in [0.1, 0.15) is 18.9 Å². The molecule has 2 unspecified atom stereocenters. The summed E-state index contributed by atoms with van der Waals surface area (Å²) in [7, 11) is 0. The third kappa shape index (κ3) is 2.97. The number of amides is 1. The molecule has 0 bridgehead atoms. The van der Waals surface area contributed by atoms with E-state index in [2.05, 4.69) is 5.32 Å². The molecule has 1 aromatic rings. The number of phenolic OH excluding ortho intramolecular Hbond substituents is 1. The number of nitrogens with one attached hydrogen (secondary N) is 1. The van der Waals surface area contributed by atoms with Crippen molar-refractivity contribution in [3.05, 3.63) is 29.8 Å². The van der Waals surface area contributed by atoms with Gasteiger partial charge in [-0.25, -0.2) is 0 Å². The minimum atomic E-state index is -0.327. The van der Waals surface area contributed by atoms with Gasteiger partial charge in [0.2, 0.25) is 5.91 Å². The Morgan fingerprint density at radius 1 is 1.59 bits per heavy atom. The Bertz CT molecular complexity index is 405. The van der Waals surface area contributed by atoms with Gasteiger partial charge in [-0.1, -0.05) is 19.1 Å². The third-order valence-corrected chi connectivity index (χ3v) is 3.02. The average Bonchev–Trinajstić information content (AvgIpc) is 2.72. The van der Waals surface area contributed by atoms with Crippen LogP contribution in [0, 0.1) is 5.92 Å². The zero-order chi connectivity index (χ0) is 12.3. The number of ether oxygens (including phenoxy) is 1. The first-order valence-electron chi connectivity index (χ1n) is 5.84. The van der Waals surface area contributed by atoms with Crippen molar-refractivity contribution in [2.75, 3.05) is 6.61 Å². The first-order chi connectivity index (χ1) is 8.16. The summed E-state index contributed by atoms with van der Waals surface area (Å²) in [4.78, 5) is 11.8. The van der Waals surface area contributed by atoms with Crippen molar-refractivity contribution < 1.29 is 14.6 Å². The number of aromatic hydroxyl groups is 1. The van der Waals surface area contributed by atoms with Crippen LogP contribution in [0.4, 0.5) is 0 Å². The Balaban J connectivity index is 1.88. The smallest absolute Gasteiger partial charge is 0.249 e. The monoisotopic (exact) mass is 235 g/mol. The molecule has 1 amide bonds. The van der Waals surface area contributed by atoms with Crippen molar-refractivity contribution in [3.63, 3.8) is 0 Å². The van der Waals surface area contributed by atoms with Gasteiger partial charge in [0.15, 0.2) is 0 Å². The number of carbonyl (C=O) groups excluding carboxylic acids is 1. The Labute approximate surface area is 101 Å². The van der Waals surface area contributed by atoms with Crippen LogP contribution in [-0.2, 0) is 16.1 Å². The highest BCUT2D eigenvalue weighted by Gasteiger charge is 2.30. The van der Waals surface area contributed by atoms with Crippen LogP contribution in [-0.4, -0.2) is 23.7 Å². The quantitative estimate of drug-likeness (QED) is 0.833. The van der Waals surface area contributed by atoms with Crippen molar-refractivity contribution in [1.82, 2.24) is 5.32 Å². The Hall–Kier alpha value is -1.55. The number of phenols is 1. The maximum Gasteiger partial charge on any atom is 0.249 e. The van der Waals surface area contributed by atoms with Gasteiger partial charge in [0.1, 0.15) is 11.9 Å². The summed E-state index contributed by atoms with van der Waals surface area (Å²) in [5.41, 5.74) is 0.879.